The van der Waals surface area contributed by atoms with Gasteiger partial charge >= 0.3 is 0 Å². The van der Waals surface area contributed by atoms with E-state index in [2.05, 4.69) is 9.82 Å². The first-order valence-electron chi connectivity index (χ1n) is 9.93. The molecule has 1 fully saturated rings. The molecule has 2 heterocycles. The Morgan fingerprint density at radius 1 is 1.13 bits per heavy atom. The topological polar surface area (TPSA) is 110 Å². The number of sulfonamides is 1. The molecule has 1 aromatic heterocycles. The minimum atomic E-state index is -3.94. The molecule has 0 saturated carbocycles. The van der Waals surface area contributed by atoms with Gasteiger partial charge in [0.1, 0.15) is 5.69 Å². The van der Waals surface area contributed by atoms with Gasteiger partial charge < -0.3 is 4.90 Å². The van der Waals surface area contributed by atoms with E-state index in [-0.39, 0.29) is 10.6 Å². The van der Waals surface area contributed by atoms with Gasteiger partial charge in [0.05, 0.1) is 16.0 Å². The smallest absolute Gasteiger partial charge is 0.293 e. The molecule has 0 atom stereocenters. The number of nitro groups is 1. The monoisotopic (exact) mass is 441 g/mol. The maximum Gasteiger partial charge on any atom is 0.293 e. The fourth-order valence-corrected chi connectivity index (χ4v) is 4.99. The van der Waals surface area contributed by atoms with Crippen LogP contribution >= 0.6 is 0 Å². The van der Waals surface area contributed by atoms with Gasteiger partial charge in [0.15, 0.2) is 0 Å². The Morgan fingerprint density at radius 2 is 1.84 bits per heavy atom. The first kappa shape index (κ1) is 20.9. The molecule has 9 nitrogen and oxygen atoms in total. The zero-order chi connectivity index (χ0) is 22.0. The van der Waals surface area contributed by atoms with Gasteiger partial charge in [-0.15, -0.1) is 0 Å². The van der Waals surface area contributed by atoms with Crippen LogP contribution in [0.3, 0.4) is 0 Å². The van der Waals surface area contributed by atoms with Crippen molar-refractivity contribution >= 4 is 27.1 Å². The lowest BCUT2D eigenvalue weighted by atomic mass is 9.91. The second-order valence-corrected chi connectivity index (χ2v) is 9.27. The molecular formula is C21H23N5O4S. The van der Waals surface area contributed by atoms with Crippen molar-refractivity contribution in [1.29, 1.82) is 0 Å². The van der Waals surface area contributed by atoms with Crippen LogP contribution in [-0.4, -0.2) is 36.2 Å². The number of rotatable bonds is 6. The molecule has 0 amide bonds. The Hall–Kier alpha value is -3.40. The van der Waals surface area contributed by atoms with Crippen LogP contribution in [-0.2, 0) is 17.1 Å². The predicted octanol–water partition coefficient (Wildman–Crippen LogP) is 3.51. The number of benzene rings is 2. The minimum absolute atomic E-state index is 0.142. The summed E-state index contributed by atoms with van der Waals surface area (Å²) in [4.78, 5) is 13.0. The van der Waals surface area contributed by atoms with Crippen LogP contribution in [0.1, 0.15) is 24.3 Å². The highest BCUT2D eigenvalue weighted by Crippen LogP contribution is 2.36. The van der Waals surface area contributed by atoms with Crippen molar-refractivity contribution in [2.75, 3.05) is 22.7 Å². The highest BCUT2D eigenvalue weighted by molar-refractivity contribution is 7.92. The van der Waals surface area contributed by atoms with E-state index in [0.29, 0.717) is 30.4 Å². The molecule has 3 aromatic rings. The van der Waals surface area contributed by atoms with Crippen LogP contribution in [0.5, 0.6) is 0 Å². The van der Waals surface area contributed by atoms with E-state index in [0.717, 1.165) is 18.9 Å². The van der Waals surface area contributed by atoms with Crippen molar-refractivity contribution in [2.24, 2.45) is 7.05 Å². The highest BCUT2D eigenvalue weighted by atomic mass is 32.2. The van der Waals surface area contributed by atoms with Crippen molar-refractivity contribution in [1.82, 2.24) is 9.78 Å². The van der Waals surface area contributed by atoms with Gasteiger partial charge in [-0.3, -0.25) is 19.5 Å². The van der Waals surface area contributed by atoms with Crippen LogP contribution in [0.4, 0.5) is 17.1 Å². The number of aromatic nitrogens is 2. The minimum Gasteiger partial charge on any atom is -0.366 e. The second-order valence-electron chi connectivity index (χ2n) is 7.59. The number of anilines is 2. The predicted molar refractivity (Wildman–Crippen MR) is 118 cm³/mol. The van der Waals surface area contributed by atoms with Crippen LogP contribution in [0.15, 0.2) is 65.8 Å². The number of para-hydroxylation sites is 1. The lowest BCUT2D eigenvalue weighted by Gasteiger charge is -2.33. The summed E-state index contributed by atoms with van der Waals surface area (Å²) >= 11 is 0. The Bertz CT molecular complexity index is 1190. The van der Waals surface area contributed by atoms with Crippen molar-refractivity contribution < 1.29 is 13.3 Å². The molecule has 10 heteroatoms. The molecular weight excluding hydrogens is 418 g/mol. The van der Waals surface area contributed by atoms with Gasteiger partial charge in [-0.2, -0.15) is 5.10 Å². The number of aryl methyl sites for hydroxylation is 1. The zero-order valence-corrected chi connectivity index (χ0v) is 17.8. The van der Waals surface area contributed by atoms with E-state index in [4.69, 9.17) is 0 Å². The van der Waals surface area contributed by atoms with Gasteiger partial charge in [0.2, 0.25) is 0 Å². The lowest BCUT2D eigenvalue weighted by molar-refractivity contribution is -0.384. The van der Waals surface area contributed by atoms with Crippen LogP contribution in [0.25, 0.3) is 0 Å². The number of piperidine rings is 1. The third-order valence-corrected chi connectivity index (χ3v) is 6.89. The molecule has 0 bridgehead atoms. The maximum absolute atomic E-state index is 12.7. The molecule has 0 aliphatic carbocycles. The Kier molecular flexibility index (Phi) is 5.64. The summed E-state index contributed by atoms with van der Waals surface area (Å²) in [7, 11) is -2.06. The van der Waals surface area contributed by atoms with Gasteiger partial charge in [0, 0.05) is 38.1 Å². The fourth-order valence-electron chi connectivity index (χ4n) is 3.91. The summed E-state index contributed by atoms with van der Waals surface area (Å²) in [5, 5.41) is 16.0. The maximum atomic E-state index is 12.7. The molecule has 1 saturated heterocycles. The van der Waals surface area contributed by atoms with E-state index in [1.54, 1.807) is 35.0 Å². The Labute approximate surface area is 180 Å². The second kappa shape index (κ2) is 8.38. The van der Waals surface area contributed by atoms with Crippen molar-refractivity contribution in [3.8, 4) is 0 Å². The average Bonchev–Trinajstić information content (AvgIpc) is 3.20. The summed E-state index contributed by atoms with van der Waals surface area (Å²) in [6.45, 7) is 1.30. The van der Waals surface area contributed by atoms with E-state index < -0.39 is 14.9 Å². The summed E-state index contributed by atoms with van der Waals surface area (Å²) < 4.78 is 29.6. The summed E-state index contributed by atoms with van der Waals surface area (Å²) in [6, 6.07) is 12.5. The fraction of sp³-hybridized carbons (Fsp3) is 0.286. The summed E-state index contributed by atoms with van der Waals surface area (Å²) in [6.07, 6.45) is 5.56. The zero-order valence-electron chi connectivity index (χ0n) is 17.0. The van der Waals surface area contributed by atoms with E-state index in [1.807, 2.05) is 24.3 Å². The third-order valence-electron chi connectivity index (χ3n) is 5.51. The van der Waals surface area contributed by atoms with E-state index in [9.17, 15) is 18.5 Å². The van der Waals surface area contributed by atoms with E-state index in [1.165, 1.54) is 17.7 Å². The SMILES string of the molecule is Cn1cc(C2CCN(c3ccc(S(=O)(=O)Nc4ccccc4)cc3[N+](=O)[O-])CC2)cn1. The van der Waals surface area contributed by atoms with E-state index >= 15 is 0 Å². The number of nitrogens with zero attached hydrogens (tertiary/aromatic N) is 4. The average molecular weight is 442 g/mol. The first-order valence-corrected chi connectivity index (χ1v) is 11.4. The van der Waals surface area contributed by atoms with Gasteiger partial charge in [0.25, 0.3) is 15.7 Å². The number of nitrogens with one attached hydrogen (secondary N) is 1. The molecule has 2 aromatic carbocycles. The molecule has 1 aliphatic heterocycles. The quantitative estimate of drug-likeness (QED) is 0.463. The molecule has 162 valence electrons. The van der Waals surface area contributed by atoms with Gasteiger partial charge in [-0.1, -0.05) is 18.2 Å². The lowest BCUT2D eigenvalue weighted by Crippen LogP contribution is -2.33. The van der Waals surface area contributed by atoms with Gasteiger partial charge in [-0.25, -0.2) is 8.42 Å². The molecule has 31 heavy (non-hydrogen) atoms. The Morgan fingerprint density at radius 3 is 2.45 bits per heavy atom. The molecule has 1 N–H and O–H groups in total. The van der Waals surface area contributed by atoms with Crippen LogP contribution < -0.4 is 9.62 Å². The molecule has 0 spiro atoms. The first-order chi connectivity index (χ1) is 14.8. The van der Waals surface area contributed by atoms with Crippen molar-refractivity contribution in [2.45, 2.75) is 23.7 Å². The van der Waals surface area contributed by atoms with Crippen molar-refractivity contribution in [3.63, 3.8) is 0 Å². The number of hydrogen-bond donors (Lipinski definition) is 1. The Balaban J connectivity index is 1.55. The molecule has 0 unspecified atom stereocenters. The van der Waals surface area contributed by atoms with Crippen LogP contribution in [0.2, 0.25) is 0 Å². The molecule has 1 aliphatic rings. The molecule has 4 rings (SSSR count). The highest BCUT2D eigenvalue weighted by Gasteiger charge is 2.28. The number of nitro benzene ring substituents is 1. The van der Waals surface area contributed by atoms with Crippen molar-refractivity contribution in [3.05, 3.63) is 76.6 Å². The van der Waals surface area contributed by atoms with Gasteiger partial charge in [-0.05, 0) is 48.6 Å². The largest absolute Gasteiger partial charge is 0.366 e. The van der Waals surface area contributed by atoms with Crippen LogP contribution in [0, 0.1) is 10.1 Å². The third kappa shape index (κ3) is 4.53. The standard InChI is InChI=1S/C21H23N5O4S/c1-24-15-17(14-22-24)16-9-11-25(12-10-16)20-8-7-19(13-21(20)26(27)28)31(29,30)23-18-5-3-2-4-6-18/h2-8,13-16,23H,9-12H2,1H3. The number of hydrogen-bond acceptors (Lipinski definition) is 6. The summed E-state index contributed by atoms with van der Waals surface area (Å²) in [5.74, 6) is 0.360. The normalized spacial score (nSPS) is 15.1. The molecule has 0 radical (unpaired) electrons. The summed E-state index contributed by atoms with van der Waals surface area (Å²) in [5.41, 5.74) is 1.79.